The first kappa shape index (κ1) is 13.8. The maximum atomic E-state index is 14.1. The van der Waals surface area contributed by atoms with Gasteiger partial charge in [-0.05, 0) is 35.6 Å². The van der Waals surface area contributed by atoms with E-state index in [0.29, 0.717) is 5.56 Å². The second-order valence-electron chi connectivity index (χ2n) is 5.01. The Morgan fingerprint density at radius 3 is 1.95 bits per heavy atom. The van der Waals surface area contributed by atoms with Crippen molar-refractivity contribution in [2.75, 3.05) is 0 Å². The molecule has 0 unspecified atom stereocenters. The van der Waals surface area contributed by atoms with Gasteiger partial charge in [-0.3, -0.25) is 0 Å². The van der Waals surface area contributed by atoms with Gasteiger partial charge in [0.2, 0.25) is 0 Å². The van der Waals surface area contributed by atoms with Crippen LogP contribution in [0.15, 0.2) is 42.5 Å². The third kappa shape index (κ3) is 3.44. The van der Waals surface area contributed by atoms with Crippen molar-refractivity contribution in [2.45, 2.75) is 39.5 Å². The zero-order valence-electron chi connectivity index (χ0n) is 11.7. The molecule has 0 radical (unpaired) electrons. The van der Waals surface area contributed by atoms with Crippen molar-refractivity contribution in [3.63, 3.8) is 0 Å². The Kier molecular flexibility index (Phi) is 4.73. The lowest BCUT2D eigenvalue weighted by Gasteiger charge is -2.07. The zero-order valence-corrected chi connectivity index (χ0v) is 11.7. The van der Waals surface area contributed by atoms with Crippen LogP contribution in [0.2, 0.25) is 0 Å². The molecular weight excluding hydrogens is 235 g/mol. The molecule has 0 N–H and O–H groups in total. The molecule has 0 saturated heterocycles. The molecule has 0 amide bonds. The monoisotopic (exact) mass is 256 g/mol. The fourth-order valence-electron chi connectivity index (χ4n) is 2.38. The maximum Gasteiger partial charge on any atom is 0.131 e. The van der Waals surface area contributed by atoms with Crippen LogP contribution in [0, 0.1) is 5.82 Å². The molecule has 19 heavy (non-hydrogen) atoms. The molecule has 100 valence electrons. The first-order valence-corrected chi connectivity index (χ1v) is 7.12. The summed E-state index contributed by atoms with van der Waals surface area (Å²) in [5.74, 6) is -0.116. The Labute approximate surface area is 115 Å². The molecule has 0 saturated carbocycles. The van der Waals surface area contributed by atoms with E-state index in [9.17, 15) is 4.39 Å². The summed E-state index contributed by atoms with van der Waals surface area (Å²) in [6.07, 6.45) is 4.20. The summed E-state index contributed by atoms with van der Waals surface area (Å²) < 4.78 is 14.1. The molecule has 0 fully saturated rings. The standard InChI is InChI=1S/C18H21F/c1-3-5-14-7-10-16(11-8-14)17-12-9-15(6-4-2)13-18(17)19/h7-13H,3-6H2,1-2H3. The van der Waals surface area contributed by atoms with E-state index in [-0.39, 0.29) is 5.82 Å². The topological polar surface area (TPSA) is 0 Å². The molecule has 0 nitrogen and oxygen atoms in total. The van der Waals surface area contributed by atoms with Crippen LogP contribution in [0.25, 0.3) is 11.1 Å². The van der Waals surface area contributed by atoms with E-state index in [1.807, 2.05) is 24.3 Å². The number of benzene rings is 2. The molecule has 0 heterocycles. The minimum absolute atomic E-state index is 0.116. The van der Waals surface area contributed by atoms with Crippen LogP contribution < -0.4 is 0 Å². The van der Waals surface area contributed by atoms with Crippen LogP contribution in [-0.2, 0) is 12.8 Å². The first-order chi connectivity index (χ1) is 9.24. The molecule has 2 aromatic rings. The molecule has 0 atom stereocenters. The Hall–Kier alpha value is -1.63. The van der Waals surface area contributed by atoms with Crippen LogP contribution in [0.5, 0.6) is 0 Å². The Morgan fingerprint density at radius 2 is 1.37 bits per heavy atom. The Balaban J connectivity index is 2.25. The van der Waals surface area contributed by atoms with Gasteiger partial charge in [-0.1, -0.05) is 63.1 Å². The fourth-order valence-corrected chi connectivity index (χ4v) is 2.38. The highest BCUT2D eigenvalue weighted by Crippen LogP contribution is 2.24. The second kappa shape index (κ2) is 6.51. The first-order valence-electron chi connectivity index (χ1n) is 7.12. The zero-order chi connectivity index (χ0) is 13.7. The van der Waals surface area contributed by atoms with E-state index in [1.165, 1.54) is 5.56 Å². The van der Waals surface area contributed by atoms with E-state index in [0.717, 1.165) is 36.8 Å². The highest BCUT2D eigenvalue weighted by Gasteiger charge is 2.06. The van der Waals surface area contributed by atoms with Gasteiger partial charge in [0.1, 0.15) is 5.82 Å². The average molecular weight is 256 g/mol. The van der Waals surface area contributed by atoms with Crippen molar-refractivity contribution in [3.8, 4) is 11.1 Å². The number of hydrogen-bond donors (Lipinski definition) is 0. The predicted molar refractivity (Wildman–Crippen MR) is 79.8 cm³/mol. The van der Waals surface area contributed by atoms with E-state index in [1.54, 1.807) is 6.07 Å². The lowest BCUT2D eigenvalue weighted by atomic mass is 9.99. The molecule has 0 aliphatic heterocycles. The quantitative estimate of drug-likeness (QED) is 0.672. The lowest BCUT2D eigenvalue weighted by Crippen LogP contribution is -1.90. The Morgan fingerprint density at radius 1 is 0.789 bits per heavy atom. The minimum atomic E-state index is -0.116. The molecule has 0 aromatic heterocycles. The Bertz CT molecular complexity index is 526. The van der Waals surface area contributed by atoms with Crippen LogP contribution in [0.1, 0.15) is 37.8 Å². The summed E-state index contributed by atoms with van der Waals surface area (Å²) in [6.45, 7) is 4.28. The van der Waals surface area contributed by atoms with Gasteiger partial charge in [-0.2, -0.15) is 0 Å². The summed E-state index contributed by atoms with van der Waals surface area (Å²) >= 11 is 0. The van der Waals surface area contributed by atoms with Crippen LogP contribution in [0.4, 0.5) is 4.39 Å². The third-order valence-corrected chi connectivity index (χ3v) is 3.38. The fraction of sp³-hybridized carbons (Fsp3) is 0.333. The third-order valence-electron chi connectivity index (χ3n) is 3.38. The number of aryl methyl sites for hydroxylation is 2. The van der Waals surface area contributed by atoms with Gasteiger partial charge in [-0.25, -0.2) is 4.39 Å². The summed E-state index contributed by atoms with van der Waals surface area (Å²) in [5, 5.41) is 0. The summed E-state index contributed by atoms with van der Waals surface area (Å²) in [4.78, 5) is 0. The van der Waals surface area contributed by atoms with E-state index in [2.05, 4.69) is 26.0 Å². The molecule has 0 spiro atoms. The van der Waals surface area contributed by atoms with Gasteiger partial charge in [0.25, 0.3) is 0 Å². The highest BCUT2D eigenvalue weighted by molar-refractivity contribution is 5.64. The number of rotatable bonds is 5. The van der Waals surface area contributed by atoms with Gasteiger partial charge in [0, 0.05) is 5.56 Å². The number of halogens is 1. The van der Waals surface area contributed by atoms with Crippen molar-refractivity contribution < 1.29 is 4.39 Å². The van der Waals surface area contributed by atoms with Crippen molar-refractivity contribution >= 4 is 0 Å². The molecular formula is C18H21F. The van der Waals surface area contributed by atoms with E-state index >= 15 is 0 Å². The van der Waals surface area contributed by atoms with Gasteiger partial charge in [0.15, 0.2) is 0 Å². The maximum absolute atomic E-state index is 14.1. The molecule has 0 aliphatic rings. The average Bonchev–Trinajstić information content (AvgIpc) is 2.41. The van der Waals surface area contributed by atoms with Gasteiger partial charge >= 0.3 is 0 Å². The van der Waals surface area contributed by atoms with Crippen molar-refractivity contribution in [1.82, 2.24) is 0 Å². The van der Waals surface area contributed by atoms with Crippen molar-refractivity contribution in [1.29, 1.82) is 0 Å². The minimum Gasteiger partial charge on any atom is -0.206 e. The SMILES string of the molecule is CCCc1ccc(-c2ccc(CCC)cc2F)cc1. The predicted octanol–water partition coefficient (Wildman–Crippen LogP) is 5.40. The molecule has 2 aromatic carbocycles. The van der Waals surface area contributed by atoms with Crippen molar-refractivity contribution in [2.24, 2.45) is 0 Å². The molecule has 2 rings (SSSR count). The molecule has 0 aliphatic carbocycles. The summed E-state index contributed by atoms with van der Waals surface area (Å²) in [6, 6.07) is 13.8. The summed E-state index contributed by atoms with van der Waals surface area (Å²) in [5.41, 5.74) is 4.05. The van der Waals surface area contributed by atoms with Gasteiger partial charge in [-0.15, -0.1) is 0 Å². The van der Waals surface area contributed by atoms with Crippen molar-refractivity contribution in [3.05, 3.63) is 59.4 Å². The smallest absolute Gasteiger partial charge is 0.131 e. The second-order valence-corrected chi connectivity index (χ2v) is 5.01. The van der Waals surface area contributed by atoms with Crippen LogP contribution >= 0.6 is 0 Å². The van der Waals surface area contributed by atoms with Gasteiger partial charge < -0.3 is 0 Å². The highest BCUT2D eigenvalue weighted by atomic mass is 19.1. The molecule has 1 heteroatoms. The van der Waals surface area contributed by atoms with E-state index in [4.69, 9.17) is 0 Å². The molecule has 0 bridgehead atoms. The van der Waals surface area contributed by atoms with Gasteiger partial charge in [0.05, 0.1) is 0 Å². The van der Waals surface area contributed by atoms with E-state index < -0.39 is 0 Å². The summed E-state index contributed by atoms with van der Waals surface area (Å²) in [7, 11) is 0. The lowest BCUT2D eigenvalue weighted by molar-refractivity contribution is 0.628. The number of hydrogen-bond acceptors (Lipinski definition) is 0. The van der Waals surface area contributed by atoms with Crippen LogP contribution in [-0.4, -0.2) is 0 Å². The van der Waals surface area contributed by atoms with Crippen LogP contribution in [0.3, 0.4) is 0 Å². The largest absolute Gasteiger partial charge is 0.206 e. The normalized spacial score (nSPS) is 10.7.